The van der Waals surface area contributed by atoms with Crippen molar-refractivity contribution in [1.82, 2.24) is 4.90 Å². The van der Waals surface area contributed by atoms with Gasteiger partial charge < -0.3 is 14.6 Å². The highest BCUT2D eigenvalue weighted by Gasteiger charge is 2.21. The van der Waals surface area contributed by atoms with E-state index in [1.165, 1.54) is 0 Å². The van der Waals surface area contributed by atoms with Crippen LogP contribution >= 0.6 is 0 Å². The smallest absolute Gasteiger partial charge is 0.320 e. The number of carbonyl (C=O) groups excluding carboxylic acids is 1. The Labute approximate surface area is 112 Å². The zero-order chi connectivity index (χ0) is 13.5. The number of carbonyl (C=O) groups is 1. The molecule has 1 atom stereocenters. The molecular formula is C14H19NO4. The summed E-state index contributed by atoms with van der Waals surface area (Å²) in [5, 5.41) is 9.03. The molecule has 1 aromatic carbocycles. The summed E-state index contributed by atoms with van der Waals surface area (Å²) in [6.45, 7) is 2.32. The first-order valence-corrected chi connectivity index (χ1v) is 6.42. The van der Waals surface area contributed by atoms with Crippen LogP contribution in [-0.2, 0) is 20.9 Å². The fourth-order valence-corrected chi connectivity index (χ4v) is 2.00. The fraction of sp³-hybridized carbons (Fsp3) is 0.500. The topological polar surface area (TPSA) is 59.0 Å². The number of rotatable bonds is 5. The van der Waals surface area contributed by atoms with Gasteiger partial charge in [-0.3, -0.25) is 9.69 Å². The van der Waals surface area contributed by atoms with Gasteiger partial charge in [-0.1, -0.05) is 30.3 Å². The molecule has 2 rings (SSSR count). The van der Waals surface area contributed by atoms with Gasteiger partial charge in [-0.15, -0.1) is 0 Å². The van der Waals surface area contributed by atoms with E-state index in [0.29, 0.717) is 26.3 Å². The summed E-state index contributed by atoms with van der Waals surface area (Å²) in [5.41, 5.74) is 0.978. The molecule has 1 fully saturated rings. The molecule has 0 amide bonds. The number of hydrogen-bond acceptors (Lipinski definition) is 5. The van der Waals surface area contributed by atoms with Crippen LogP contribution in [0.3, 0.4) is 0 Å². The standard InChI is InChI=1S/C14H19NO4/c16-10-13-8-15(6-7-18-13)9-14(17)19-11-12-4-2-1-3-5-12/h1-5,13,16H,6-11H2/t13-/m0/s1. The highest BCUT2D eigenvalue weighted by atomic mass is 16.5. The molecule has 104 valence electrons. The predicted octanol–water partition coefficient (Wildman–Crippen LogP) is 0.423. The van der Waals surface area contributed by atoms with Crippen LogP contribution in [0, 0.1) is 0 Å². The lowest BCUT2D eigenvalue weighted by atomic mass is 10.2. The fourth-order valence-electron chi connectivity index (χ4n) is 2.00. The zero-order valence-corrected chi connectivity index (χ0v) is 10.8. The monoisotopic (exact) mass is 265 g/mol. The zero-order valence-electron chi connectivity index (χ0n) is 10.8. The average molecular weight is 265 g/mol. The van der Waals surface area contributed by atoms with E-state index in [-0.39, 0.29) is 25.2 Å². The van der Waals surface area contributed by atoms with Crippen LogP contribution in [0.4, 0.5) is 0 Å². The van der Waals surface area contributed by atoms with Gasteiger partial charge in [0.15, 0.2) is 0 Å². The first-order chi connectivity index (χ1) is 9.28. The summed E-state index contributed by atoms with van der Waals surface area (Å²) in [6, 6.07) is 9.59. The van der Waals surface area contributed by atoms with Gasteiger partial charge in [-0.25, -0.2) is 0 Å². The van der Waals surface area contributed by atoms with E-state index in [1.807, 2.05) is 35.2 Å². The molecule has 19 heavy (non-hydrogen) atoms. The third kappa shape index (κ3) is 4.63. The maximum Gasteiger partial charge on any atom is 0.320 e. The van der Waals surface area contributed by atoms with E-state index < -0.39 is 0 Å². The number of aliphatic hydroxyl groups is 1. The number of aliphatic hydroxyl groups excluding tert-OH is 1. The Morgan fingerprint density at radius 3 is 2.95 bits per heavy atom. The van der Waals surface area contributed by atoms with Crippen molar-refractivity contribution in [3.63, 3.8) is 0 Å². The van der Waals surface area contributed by atoms with E-state index in [9.17, 15) is 4.79 Å². The van der Waals surface area contributed by atoms with Gasteiger partial charge in [0.1, 0.15) is 6.61 Å². The summed E-state index contributed by atoms with van der Waals surface area (Å²) >= 11 is 0. The molecule has 1 heterocycles. The van der Waals surface area contributed by atoms with Gasteiger partial charge in [-0.2, -0.15) is 0 Å². The van der Waals surface area contributed by atoms with Crippen LogP contribution in [0.15, 0.2) is 30.3 Å². The summed E-state index contributed by atoms with van der Waals surface area (Å²) in [5.74, 6) is -0.248. The minimum absolute atomic E-state index is 0.0183. The summed E-state index contributed by atoms with van der Waals surface area (Å²) < 4.78 is 10.5. The van der Waals surface area contributed by atoms with Crippen molar-refractivity contribution < 1.29 is 19.4 Å². The molecule has 1 N–H and O–H groups in total. The normalized spacial score (nSPS) is 20.2. The second-order valence-electron chi connectivity index (χ2n) is 4.56. The predicted molar refractivity (Wildman–Crippen MR) is 69.5 cm³/mol. The summed E-state index contributed by atoms with van der Waals surface area (Å²) in [7, 11) is 0. The van der Waals surface area contributed by atoms with Crippen LogP contribution in [0.25, 0.3) is 0 Å². The van der Waals surface area contributed by atoms with Crippen molar-refractivity contribution in [1.29, 1.82) is 0 Å². The van der Waals surface area contributed by atoms with Crippen LogP contribution < -0.4 is 0 Å². The molecule has 1 saturated heterocycles. The lowest BCUT2D eigenvalue weighted by Gasteiger charge is -2.31. The number of esters is 1. The van der Waals surface area contributed by atoms with E-state index in [4.69, 9.17) is 14.6 Å². The molecule has 0 aromatic heterocycles. The molecule has 5 heteroatoms. The van der Waals surface area contributed by atoms with Crippen LogP contribution in [0.1, 0.15) is 5.56 Å². The molecule has 1 aliphatic heterocycles. The van der Waals surface area contributed by atoms with Gasteiger partial charge in [0.05, 0.1) is 25.9 Å². The van der Waals surface area contributed by atoms with E-state index in [0.717, 1.165) is 5.56 Å². The number of benzene rings is 1. The SMILES string of the molecule is O=C(CN1CCO[C@H](CO)C1)OCc1ccccc1. The Morgan fingerprint density at radius 2 is 2.21 bits per heavy atom. The highest BCUT2D eigenvalue weighted by Crippen LogP contribution is 2.05. The van der Waals surface area contributed by atoms with Crippen molar-refractivity contribution in [2.45, 2.75) is 12.7 Å². The second kappa shape index (κ2) is 7.23. The Balaban J connectivity index is 1.72. The lowest BCUT2D eigenvalue weighted by molar-refractivity contribution is -0.148. The third-order valence-electron chi connectivity index (χ3n) is 3.02. The Hall–Kier alpha value is -1.43. The van der Waals surface area contributed by atoms with Gasteiger partial charge in [0.2, 0.25) is 0 Å². The number of morpholine rings is 1. The maximum absolute atomic E-state index is 11.7. The summed E-state index contributed by atoms with van der Waals surface area (Å²) in [4.78, 5) is 13.7. The Bertz CT molecular complexity index is 396. The molecule has 0 unspecified atom stereocenters. The molecule has 1 aliphatic rings. The lowest BCUT2D eigenvalue weighted by Crippen LogP contribution is -2.46. The molecule has 0 radical (unpaired) electrons. The van der Waals surface area contributed by atoms with Crippen molar-refractivity contribution in [2.24, 2.45) is 0 Å². The first kappa shape index (κ1) is 14.0. The van der Waals surface area contributed by atoms with Crippen molar-refractivity contribution in [2.75, 3.05) is 32.8 Å². The Kier molecular flexibility index (Phi) is 5.32. The van der Waals surface area contributed by atoms with Gasteiger partial charge in [0, 0.05) is 13.1 Å². The Morgan fingerprint density at radius 1 is 1.42 bits per heavy atom. The van der Waals surface area contributed by atoms with Gasteiger partial charge in [-0.05, 0) is 5.56 Å². The number of nitrogens with zero attached hydrogens (tertiary/aromatic N) is 1. The molecule has 0 spiro atoms. The van der Waals surface area contributed by atoms with Crippen LogP contribution in [-0.4, -0.2) is 54.9 Å². The summed E-state index contributed by atoms with van der Waals surface area (Å²) in [6.07, 6.45) is -0.198. The molecule has 0 aliphatic carbocycles. The second-order valence-corrected chi connectivity index (χ2v) is 4.56. The first-order valence-electron chi connectivity index (χ1n) is 6.42. The quantitative estimate of drug-likeness (QED) is 0.782. The average Bonchev–Trinajstić information content (AvgIpc) is 2.46. The number of ether oxygens (including phenoxy) is 2. The third-order valence-corrected chi connectivity index (χ3v) is 3.02. The van der Waals surface area contributed by atoms with Crippen LogP contribution in [0.2, 0.25) is 0 Å². The van der Waals surface area contributed by atoms with Crippen LogP contribution in [0.5, 0.6) is 0 Å². The molecule has 1 aromatic rings. The van der Waals surface area contributed by atoms with Gasteiger partial charge in [0.25, 0.3) is 0 Å². The maximum atomic E-state index is 11.7. The minimum Gasteiger partial charge on any atom is -0.460 e. The van der Waals surface area contributed by atoms with Crippen molar-refractivity contribution >= 4 is 5.97 Å². The molecular weight excluding hydrogens is 246 g/mol. The van der Waals surface area contributed by atoms with Crippen molar-refractivity contribution in [3.8, 4) is 0 Å². The van der Waals surface area contributed by atoms with E-state index >= 15 is 0 Å². The number of hydrogen-bond donors (Lipinski definition) is 1. The molecule has 0 saturated carbocycles. The molecule has 0 bridgehead atoms. The largest absolute Gasteiger partial charge is 0.460 e. The van der Waals surface area contributed by atoms with Crippen molar-refractivity contribution in [3.05, 3.63) is 35.9 Å². The van der Waals surface area contributed by atoms with Gasteiger partial charge >= 0.3 is 5.97 Å². The van der Waals surface area contributed by atoms with E-state index in [1.54, 1.807) is 0 Å². The molecule has 5 nitrogen and oxygen atoms in total. The highest BCUT2D eigenvalue weighted by molar-refractivity contribution is 5.71. The van der Waals surface area contributed by atoms with E-state index in [2.05, 4.69) is 0 Å². The minimum atomic E-state index is -0.248.